The Morgan fingerprint density at radius 2 is 1.92 bits per heavy atom. The third-order valence-corrected chi connectivity index (χ3v) is 1.30. The Kier molecular flexibility index (Phi) is 6.70. The van der Waals surface area contributed by atoms with E-state index in [0.717, 1.165) is 12.8 Å². The van der Waals surface area contributed by atoms with Gasteiger partial charge in [-0.2, -0.15) is 0 Å². The van der Waals surface area contributed by atoms with Crippen molar-refractivity contribution in [1.29, 1.82) is 0 Å². The smallest absolute Gasteiger partial charge is 0.450 e. The largest absolute Gasteiger partial charge is 0.505 e. The highest BCUT2D eigenvalue weighted by atomic mass is 16.7. The van der Waals surface area contributed by atoms with E-state index in [0.29, 0.717) is 6.61 Å². The third-order valence-electron chi connectivity index (χ3n) is 1.30. The summed E-state index contributed by atoms with van der Waals surface area (Å²) in [4.78, 5) is 9.90. The predicted molar refractivity (Wildman–Crippen MR) is 47.7 cm³/mol. The Balaban J connectivity index is 0. The van der Waals surface area contributed by atoms with E-state index in [4.69, 9.17) is 5.11 Å². The molecule has 4 N–H and O–H groups in total. The van der Waals surface area contributed by atoms with Gasteiger partial charge in [0.2, 0.25) is 0 Å². The molecule has 0 aliphatic carbocycles. The maximum absolute atomic E-state index is 9.90. The zero-order chi connectivity index (χ0) is 8.91. The Morgan fingerprint density at radius 1 is 1.42 bits per heavy atom. The molecule has 0 aliphatic rings. The van der Waals surface area contributed by atoms with Crippen molar-refractivity contribution in [2.24, 2.45) is 5.41 Å². The van der Waals surface area contributed by atoms with Crippen molar-refractivity contribution < 1.29 is 14.6 Å². The lowest BCUT2D eigenvalue weighted by Gasteiger charge is -2.16. The molecule has 0 aromatic rings. The van der Waals surface area contributed by atoms with Crippen LogP contribution in [0.3, 0.4) is 0 Å². The molecule has 0 aromatic carbocycles. The van der Waals surface area contributed by atoms with Crippen LogP contribution in [-0.4, -0.2) is 17.9 Å². The lowest BCUT2D eigenvalue weighted by Crippen LogP contribution is -2.08. The molecule has 0 unspecified atom stereocenters. The van der Waals surface area contributed by atoms with Gasteiger partial charge in [-0.3, -0.25) is 0 Å². The van der Waals surface area contributed by atoms with Gasteiger partial charge in [0.15, 0.2) is 0 Å². The van der Waals surface area contributed by atoms with Gasteiger partial charge in [-0.15, -0.1) is 0 Å². The van der Waals surface area contributed by atoms with Crippen molar-refractivity contribution in [1.82, 2.24) is 6.15 Å². The molecule has 0 saturated carbocycles. The van der Waals surface area contributed by atoms with Crippen LogP contribution in [0.5, 0.6) is 0 Å². The van der Waals surface area contributed by atoms with Crippen LogP contribution in [-0.2, 0) is 4.74 Å². The summed E-state index contributed by atoms with van der Waals surface area (Å²) in [7, 11) is 0. The van der Waals surface area contributed by atoms with Crippen LogP contribution in [0.2, 0.25) is 0 Å². The summed E-state index contributed by atoms with van der Waals surface area (Å²) in [6.45, 7) is 6.67. The number of rotatable bonds is 3. The number of carbonyl (C=O) groups is 1. The molecule has 0 aromatic heterocycles. The fourth-order valence-corrected chi connectivity index (χ4v) is 0.762. The molecular formula is C8H19NO3. The van der Waals surface area contributed by atoms with E-state index in [2.05, 4.69) is 25.5 Å². The van der Waals surface area contributed by atoms with Gasteiger partial charge in [0.25, 0.3) is 0 Å². The average Bonchev–Trinajstić information content (AvgIpc) is 1.78. The molecule has 0 aliphatic heterocycles. The van der Waals surface area contributed by atoms with Gasteiger partial charge in [0, 0.05) is 0 Å². The third kappa shape index (κ3) is 12.0. The summed E-state index contributed by atoms with van der Waals surface area (Å²) in [5, 5.41) is 8.12. The summed E-state index contributed by atoms with van der Waals surface area (Å²) < 4.78 is 4.35. The Hall–Kier alpha value is -0.770. The highest BCUT2D eigenvalue weighted by Crippen LogP contribution is 2.20. The van der Waals surface area contributed by atoms with E-state index in [1.54, 1.807) is 0 Å². The quantitative estimate of drug-likeness (QED) is 0.513. The molecule has 0 radical (unpaired) electrons. The van der Waals surface area contributed by atoms with Crippen LogP contribution in [0, 0.1) is 5.41 Å². The highest BCUT2D eigenvalue weighted by molar-refractivity contribution is 5.56. The first-order valence-electron chi connectivity index (χ1n) is 3.77. The van der Waals surface area contributed by atoms with Gasteiger partial charge in [-0.05, 0) is 18.3 Å². The Bertz CT molecular complexity index is 129. The van der Waals surface area contributed by atoms with Crippen molar-refractivity contribution in [3.63, 3.8) is 0 Å². The molecule has 12 heavy (non-hydrogen) atoms. The van der Waals surface area contributed by atoms with Gasteiger partial charge < -0.3 is 16.0 Å². The van der Waals surface area contributed by atoms with Crippen molar-refractivity contribution >= 4 is 6.16 Å². The lowest BCUT2D eigenvalue weighted by molar-refractivity contribution is 0.0874. The average molecular weight is 177 g/mol. The van der Waals surface area contributed by atoms with Gasteiger partial charge in [-0.1, -0.05) is 20.8 Å². The fraction of sp³-hybridized carbons (Fsp3) is 0.875. The summed E-state index contributed by atoms with van der Waals surface area (Å²) in [5.74, 6) is 0. The Morgan fingerprint density at radius 3 is 2.25 bits per heavy atom. The molecular weight excluding hydrogens is 158 g/mol. The second-order valence-corrected chi connectivity index (χ2v) is 3.78. The van der Waals surface area contributed by atoms with Crippen molar-refractivity contribution in [2.75, 3.05) is 6.61 Å². The molecule has 0 saturated heterocycles. The first-order chi connectivity index (χ1) is 4.92. The number of carboxylic acid groups (broad SMARTS) is 1. The molecule has 0 amide bonds. The maximum Gasteiger partial charge on any atom is 0.505 e. The summed E-state index contributed by atoms with van der Waals surface area (Å²) in [6, 6.07) is 0. The maximum atomic E-state index is 9.90. The molecule has 0 rings (SSSR count). The SMILES string of the molecule is CC(C)(C)CCCOC(=O)O.N. The predicted octanol–water partition coefficient (Wildman–Crippen LogP) is 2.67. The normalized spacial score (nSPS) is 10.2. The number of hydrogen-bond donors (Lipinski definition) is 2. The first kappa shape index (κ1) is 13.8. The summed E-state index contributed by atoms with van der Waals surface area (Å²) >= 11 is 0. The van der Waals surface area contributed by atoms with E-state index < -0.39 is 6.16 Å². The van der Waals surface area contributed by atoms with Crippen LogP contribution in [0.4, 0.5) is 4.79 Å². The van der Waals surface area contributed by atoms with E-state index in [1.807, 2.05) is 0 Å². The Labute approximate surface area is 73.5 Å². The monoisotopic (exact) mass is 177 g/mol. The number of hydrogen-bond acceptors (Lipinski definition) is 3. The van der Waals surface area contributed by atoms with Gasteiger partial charge in [-0.25, -0.2) is 4.79 Å². The van der Waals surface area contributed by atoms with E-state index in [1.165, 1.54) is 0 Å². The molecule has 0 bridgehead atoms. The highest BCUT2D eigenvalue weighted by Gasteiger charge is 2.09. The molecule has 74 valence electrons. The van der Waals surface area contributed by atoms with Gasteiger partial charge in [0.1, 0.15) is 0 Å². The molecule has 0 atom stereocenters. The van der Waals surface area contributed by atoms with Crippen LogP contribution >= 0.6 is 0 Å². The zero-order valence-electron chi connectivity index (χ0n) is 8.09. The standard InChI is InChI=1S/C8H16O3.H3N/c1-8(2,3)5-4-6-11-7(9)10;/h4-6H2,1-3H3,(H,9,10);1H3. The second kappa shape index (κ2) is 5.83. The summed E-state index contributed by atoms with van der Waals surface area (Å²) in [5.41, 5.74) is 0.266. The molecule has 0 spiro atoms. The zero-order valence-corrected chi connectivity index (χ0v) is 8.09. The summed E-state index contributed by atoms with van der Waals surface area (Å²) in [6.07, 6.45) is 0.606. The second-order valence-electron chi connectivity index (χ2n) is 3.78. The first-order valence-corrected chi connectivity index (χ1v) is 3.77. The van der Waals surface area contributed by atoms with Gasteiger partial charge >= 0.3 is 6.16 Å². The van der Waals surface area contributed by atoms with Crippen LogP contribution in [0.1, 0.15) is 33.6 Å². The van der Waals surface area contributed by atoms with Crippen LogP contribution < -0.4 is 6.15 Å². The van der Waals surface area contributed by atoms with E-state index in [9.17, 15) is 4.79 Å². The van der Waals surface area contributed by atoms with Crippen LogP contribution in [0.15, 0.2) is 0 Å². The van der Waals surface area contributed by atoms with Crippen molar-refractivity contribution in [3.8, 4) is 0 Å². The van der Waals surface area contributed by atoms with Crippen molar-refractivity contribution in [2.45, 2.75) is 33.6 Å². The van der Waals surface area contributed by atoms with Gasteiger partial charge in [0.05, 0.1) is 6.61 Å². The topological polar surface area (TPSA) is 81.5 Å². The fourth-order valence-electron chi connectivity index (χ4n) is 0.762. The lowest BCUT2D eigenvalue weighted by atomic mass is 9.91. The van der Waals surface area contributed by atoms with E-state index >= 15 is 0 Å². The minimum atomic E-state index is -1.18. The molecule has 0 heterocycles. The van der Waals surface area contributed by atoms with Crippen molar-refractivity contribution in [3.05, 3.63) is 0 Å². The van der Waals surface area contributed by atoms with Crippen LogP contribution in [0.25, 0.3) is 0 Å². The molecule has 0 fully saturated rings. The van der Waals surface area contributed by atoms with E-state index in [-0.39, 0.29) is 11.6 Å². The minimum absolute atomic E-state index is 0. The number of ether oxygens (including phenoxy) is 1. The molecule has 4 heteroatoms. The minimum Gasteiger partial charge on any atom is -0.450 e. The molecule has 4 nitrogen and oxygen atoms in total.